The Bertz CT molecular complexity index is 1120. The van der Waals surface area contributed by atoms with E-state index in [0.29, 0.717) is 34.0 Å². The van der Waals surface area contributed by atoms with Gasteiger partial charge in [-0.3, -0.25) is 15.1 Å². The quantitative estimate of drug-likeness (QED) is 0.531. The van der Waals surface area contributed by atoms with E-state index in [2.05, 4.69) is 39.1 Å². The monoisotopic (exact) mass is 464 g/mol. The van der Waals surface area contributed by atoms with E-state index >= 15 is 0 Å². The van der Waals surface area contributed by atoms with Gasteiger partial charge in [0, 0.05) is 16.9 Å². The van der Waals surface area contributed by atoms with Crippen LogP contribution in [-0.4, -0.2) is 28.0 Å². The smallest absolute Gasteiger partial charge is 0.276 e. The van der Waals surface area contributed by atoms with Crippen molar-refractivity contribution in [2.45, 2.75) is 72.4 Å². The van der Waals surface area contributed by atoms with E-state index in [-0.39, 0.29) is 12.1 Å². The summed E-state index contributed by atoms with van der Waals surface area (Å²) >= 11 is 1.64. The van der Waals surface area contributed by atoms with Gasteiger partial charge in [-0.05, 0) is 55.4 Å². The van der Waals surface area contributed by atoms with Crippen LogP contribution < -0.4 is 15.9 Å². The third-order valence-electron chi connectivity index (χ3n) is 8.05. The van der Waals surface area contributed by atoms with Crippen molar-refractivity contribution in [3.05, 3.63) is 46.5 Å². The van der Waals surface area contributed by atoms with E-state index in [1.807, 2.05) is 29.3 Å². The third kappa shape index (κ3) is 4.16. The second-order valence-corrected chi connectivity index (χ2v) is 11.8. The average Bonchev–Trinajstić information content (AvgIpc) is 2.78. The summed E-state index contributed by atoms with van der Waals surface area (Å²) in [7, 11) is 0. The molecule has 4 atom stereocenters. The number of allylic oxidation sites excluding steroid dienone is 2. The number of amidine groups is 1. The molecule has 1 aromatic rings. The minimum Gasteiger partial charge on any atom is -0.298 e. The summed E-state index contributed by atoms with van der Waals surface area (Å²) in [5.74, 6) is 2.34. The number of hydrogen-bond donors (Lipinski definition) is 1. The molecular formula is C27H36N4OS. The Kier molecular flexibility index (Phi) is 6.15. The molecule has 0 bridgehead atoms. The maximum absolute atomic E-state index is 13.3. The number of para-hydroxylation sites is 1. The standard InChI is InChI=1S/C27H36N4OS/c1-5-6-14-33-26-29-25(32)23-19-11-7-8-12-22(19)28-24(31(23)30-26)20-16-21-18(15-17(20)2)10-9-13-27(21,3)4/h7-8,10-12,17,20-21,24H,5-6,9,13-16H2,1-4H3,(H,29,30,32)/t17-,20-,21-,24+/m1/s1. The molecule has 33 heavy (non-hydrogen) atoms. The van der Waals surface area contributed by atoms with Gasteiger partial charge < -0.3 is 0 Å². The van der Waals surface area contributed by atoms with Gasteiger partial charge in [0.2, 0.25) is 0 Å². The van der Waals surface area contributed by atoms with Gasteiger partial charge in [-0.1, -0.05) is 75.7 Å². The molecule has 5 rings (SSSR count). The number of rotatable bonds is 4. The Hall–Kier alpha value is -2.08. The van der Waals surface area contributed by atoms with Crippen LogP contribution in [0.3, 0.4) is 0 Å². The fraction of sp³-hybridized carbons (Fsp3) is 0.593. The first kappa shape index (κ1) is 22.7. The second-order valence-electron chi connectivity index (χ2n) is 10.8. The summed E-state index contributed by atoms with van der Waals surface area (Å²) in [5.41, 5.74) is 2.61. The molecule has 0 radical (unpaired) electrons. The molecule has 1 aromatic carbocycles. The van der Waals surface area contributed by atoms with Crippen molar-refractivity contribution in [2.75, 3.05) is 5.75 Å². The molecule has 2 heterocycles. The number of nitrogens with one attached hydrogen (secondary N) is 1. The van der Waals surface area contributed by atoms with Crippen molar-refractivity contribution in [1.82, 2.24) is 10.3 Å². The van der Waals surface area contributed by atoms with Crippen LogP contribution in [0.2, 0.25) is 0 Å². The van der Waals surface area contributed by atoms with E-state index in [9.17, 15) is 4.79 Å². The van der Waals surface area contributed by atoms with Crippen LogP contribution in [-0.2, 0) is 4.79 Å². The van der Waals surface area contributed by atoms with Crippen LogP contribution in [0, 0.1) is 23.2 Å². The SMILES string of the molecule is CCCCSC1=NN2C(=c3ccccc3=N[C@@H]2[C@@H]2C[C@@H]3C(=CCCC3(C)C)C[C@H]2C)C(=O)N1. The molecule has 0 saturated heterocycles. The van der Waals surface area contributed by atoms with Crippen molar-refractivity contribution in [3.8, 4) is 0 Å². The molecule has 4 aliphatic rings. The molecule has 6 heteroatoms. The van der Waals surface area contributed by atoms with E-state index in [1.165, 1.54) is 12.8 Å². The fourth-order valence-electron chi connectivity index (χ4n) is 6.10. The lowest BCUT2D eigenvalue weighted by Crippen LogP contribution is -2.56. The van der Waals surface area contributed by atoms with Gasteiger partial charge in [0.05, 0.1) is 5.36 Å². The minimum atomic E-state index is -0.142. The summed E-state index contributed by atoms with van der Waals surface area (Å²) in [6.07, 6.45) is 9.28. The second kappa shape index (κ2) is 8.94. The van der Waals surface area contributed by atoms with Crippen LogP contribution in [0.15, 0.2) is 46.0 Å². The number of hydrogen-bond acceptors (Lipinski definition) is 5. The van der Waals surface area contributed by atoms with Crippen LogP contribution in [0.1, 0.15) is 66.2 Å². The highest BCUT2D eigenvalue weighted by molar-refractivity contribution is 8.13. The predicted octanol–water partition coefficient (Wildman–Crippen LogP) is 4.40. The van der Waals surface area contributed by atoms with Gasteiger partial charge in [-0.25, -0.2) is 5.01 Å². The Morgan fingerprint density at radius 1 is 1.27 bits per heavy atom. The molecule has 0 unspecified atom stereocenters. The highest BCUT2D eigenvalue weighted by Crippen LogP contribution is 2.52. The first-order valence-electron chi connectivity index (χ1n) is 12.6. The summed E-state index contributed by atoms with van der Waals surface area (Å²) < 4.78 is 0. The summed E-state index contributed by atoms with van der Waals surface area (Å²) in [4.78, 5) is 18.6. The van der Waals surface area contributed by atoms with Crippen LogP contribution in [0.5, 0.6) is 0 Å². The highest BCUT2D eigenvalue weighted by Gasteiger charge is 2.46. The molecule has 1 amide bonds. The lowest BCUT2D eigenvalue weighted by Gasteiger charge is -2.49. The van der Waals surface area contributed by atoms with Crippen molar-refractivity contribution in [3.63, 3.8) is 0 Å². The van der Waals surface area contributed by atoms with Crippen molar-refractivity contribution in [2.24, 2.45) is 33.3 Å². The first-order chi connectivity index (χ1) is 15.9. The lowest BCUT2D eigenvalue weighted by atomic mass is 9.58. The van der Waals surface area contributed by atoms with Gasteiger partial charge in [0.1, 0.15) is 11.9 Å². The molecule has 1 N–H and O–H groups in total. The van der Waals surface area contributed by atoms with Gasteiger partial charge in [0.15, 0.2) is 5.17 Å². The maximum atomic E-state index is 13.3. The number of benzene rings is 1. The average molecular weight is 465 g/mol. The van der Waals surface area contributed by atoms with Gasteiger partial charge in [-0.15, -0.1) is 5.10 Å². The zero-order valence-corrected chi connectivity index (χ0v) is 21.1. The Morgan fingerprint density at radius 2 is 2.09 bits per heavy atom. The van der Waals surface area contributed by atoms with Crippen LogP contribution >= 0.6 is 11.8 Å². The summed E-state index contributed by atoms with van der Waals surface area (Å²) in [6, 6.07) is 8.03. The van der Waals surface area contributed by atoms with Gasteiger partial charge >= 0.3 is 0 Å². The number of carbonyl (C=O) groups is 1. The molecule has 176 valence electrons. The topological polar surface area (TPSA) is 57.1 Å². The van der Waals surface area contributed by atoms with Gasteiger partial charge in [-0.2, -0.15) is 0 Å². The normalized spacial score (nSPS) is 30.2. The Morgan fingerprint density at radius 3 is 2.91 bits per heavy atom. The highest BCUT2D eigenvalue weighted by atomic mass is 32.2. The fourth-order valence-corrected chi connectivity index (χ4v) is 7.03. The van der Waals surface area contributed by atoms with E-state index in [1.54, 1.807) is 17.3 Å². The Balaban J connectivity index is 1.56. The maximum Gasteiger partial charge on any atom is 0.276 e. The first-order valence-corrected chi connectivity index (χ1v) is 13.6. The Labute approximate surface area is 201 Å². The number of hydrazone groups is 1. The van der Waals surface area contributed by atoms with E-state index in [0.717, 1.165) is 42.0 Å². The summed E-state index contributed by atoms with van der Waals surface area (Å²) in [5, 5.41) is 12.5. The predicted molar refractivity (Wildman–Crippen MR) is 136 cm³/mol. The molecule has 1 saturated carbocycles. The van der Waals surface area contributed by atoms with Crippen molar-refractivity contribution < 1.29 is 4.79 Å². The van der Waals surface area contributed by atoms with Crippen LogP contribution in [0.25, 0.3) is 5.70 Å². The third-order valence-corrected chi connectivity index (χ3v) is 9.00. The van der Waals surface area contributed by atoms with Crippen molar-refractivity contribution >= 4 is 28.5 Å². The molecule has 0 spiro atoms. The number of carbonyl (C=O) groups excluding carboxylic acids is 1. The summed E-state index contributed by atoms with van der Waals surface area (Å²) in [6.45, 7) is 9.41. The molecule has 2 aliphatic carbocycles. The molecule has 1 fully saturated rings. The molecule has 5 nitrogen and oxygen atoms in total. The zero-order valence-electron chi connectivity index (χ0n) is 20.3. The number of amides is 1. The number of thioether (sulfide) groups is 1. The molecular weight excluding hydrogens is 428 g/mol. The zero-order chi connectivity index (χ0) is 23.2. The van der Waals surface area contributed by atoms with E-state index in [4.69, 9.17) is 10.1 Å². The largest absolute Gasteiger partial charge is 0.298 e. The molecule has 2 aliphatic heterocycles. The van der Waals surface area contributed by atoms with Gasteiger partial charge in [0.25, 0.3) is 5.91 Å². The minimum absolute atomic E-state index is 0.0570. The van der Waals surface area contributed by atoms with E-state index < -0.39 is 0 Å². The number of nitrogens with zero attached hydrogens (tertiary/aromatic N) is 3. The molecule has 0 aromatic heterocycles. The van der Waals surface area contributed by atoms with Crippen molar-refractivity contribution in [1.29, 1.82) is 0 Å². The van der Waals surface area contributed by atoms with Crippen LogP contribution in [0.4, 0.5) is 0 Å². The number of unbranched alkanes of at least 4 members (excludes halogenated alkanes) is 1. The lowest BCUT2D eigenvalue weighted by molar-refractivity contribution is -0.116. The number of fused-ring (bicyclic) bond motifs is 3.